The van der Waals surface area contributed by atoms with Gasteiger partial charge in [0.1, 0.15) is 0 Å². The van der Waals surface area contributed by atoms with E-state index >= 15 is 0 Å². The van der Waals surface area contributed by atoms with E-state index in [9.17, 15) is 0 Å². The van der Waals surface area contributed by atoms with Crippen LogP contribution in [0.15, 0.2) is 0 Å². The number of alkyl halides is 1. The molecule has 0 fully saturated rings. The maximum Gasteiger partial charge on any atom is 0.483 e. The largest absolute Gasteiger partial charge is 0.483 e. The topological polar surface area (TPSA) is 27.7 Å². The minimum atomic E-state index is -1.67. The standard InChI is InChI=1S/C6H15IN.C3H10O3Si/c1-8(2,3)6-4-5-7;1-4-7(5-2)6-3/h4-6H2,1-3H3;7H,1-3H3/q+1;. The Bertz CT molecular complexity index is 124. The van der Waals surface area contributed by atoms with E-state index in [-0.39, 0.29) is 0 Å². The molecule has 0 aliphatic carbocycles. The van der Waals surface area contributed by atoms with Crippen molar-refractivity contribution in [3.63, 3.8) is 0 Å². The van der Waals surface area contributed by atoms with Crippen LogP contribution in [0.1, 0.15) is 6.42 Å². The second kappa shape index (κ2) is 11.3. The molecular weight excluding hydrogens is 325 g/mol. The van der Waals surface area contributed by atoms with Crippen molar-refractivity contribution in [1.29, 1.82) is 0 Å². The van der Waals surface area contributed by atoms with E-state index in [1.54, 1.807) is 21.3 Å². The molecule has 0 unspecified atom stereocenters. The Morgan fingerprint density at radius 2 is 1.40 bits per heavy atom. The molecule has 0 aromatic carbocycles. The van der Waals surface area contributed by atoms with E-state index in [1.807, 2.05) is 0 Å². The first kappa shape index (κ1) is 18.2. The van der Waals surface area contributed by atoms with Crippen LogP contribution in [0.25, 0.3) is 0 Å². The molecule has 0 radical (unpaired) electrons. The third kappa shape index (κ3) is 17.4. The molecule has 0 aromatic rings. The number of hydrogen-bond donors (Lipinski definition) is 0. The van der Waals surface area contributed by atoms with Gasteiger partial charge in [-0.15, -0.1) is 0 Å². The highest BCUT2D eigenvalue weighted by molar-refractivity contribution is 14.1. The Hall–Kier alpha value is 0.787. The Labute approximate surface area is 110 Å². The Morgan fingerprint density at radius 3 is 1.47 bits per heavy atom. The summed E-state index contributed by atoms with van der Waals surface area (Å²) in [5.41, 5.74) is 0. The maximum atomic E-state index is 4.74. The molecule has 6 heteroatoms. The van der Waals surface area contributed by atoms with Gasteiger partial charge in [0.05, 0.1) is 27.7 Å². The van der Waals surface area contributed by atoms with Gasteiger partial charge in [-0.25, -0.2) is 0 Å². The van der Waals surface area contributed by atoms with Crippen LogP contribution in [0.5, 0.6) is 0 Å². The van der Waals surface area contributed by atoms with Crippen LogP contribution in [0, 0.1) is 0 Å². The average Bonchev–Trinajstić information content (AvgIpc) is 2.17. The fourth-order valence-electron chi connectivity index (χ4n) is 0.823. The third-order valence-corrected chi connectivity index (χ3v) is 3.46. The molecule has 0 spiro atoms. The quantitative estimate of drug-likeness (QED) is 0.311. The monoisotopic (exact) mass is 350 g/mol. The Kier molecular flexibility index (Phi) is 13.7. The van der Waals surface area contributed by atoms with Crippen molar-refractivity contribution in [3.05, 3.63) is 0 Å². The predicted octanol–water partition coefficient (Wildman–Crippen LogP) is 1.16. The zero-order valence-electron chi connectivity index (χ0n) is 10.7. The molecule has 0 aromatic heterocycles. The van der Waals surface area contributed by atoms with Crippen LogP contribution in [0.2, 0.25) is 0 Å². The van der Waals surface area contributed by atoms with Crippen molar-refractivity contribution in [2.45, 2.75) is 6.42 Å². The van der Waals surface area contributed by atoms with Crippen LogP contribution in [-0.2, 0) is 13.3 Å². The molecular formula is C9H25INO3Si+. The molecule has 0 atom stereocenters. The molecule has 15 heavy (non-hydrogen) atoms. The minimum Gasteiger partial charge on any atom is -0.379 e. The zero-order chi connectivity index (χ0) is 12.3. The summed E-state index contributed by atoms with van der Waals surface area (Å²) in [7, 11) is 9.73. The van der Waals surface area contributed by atoms with Gasteiger partial charge in [-0.05, 0) is 0 Å². The second-order valence-corrected chi connectivity index (χ2v) is 7.12. The van der Waals surface area contributed by atoms with Gasteiger partial charge in [-0.2, -0.15) is 0 Å². The fourth-order valence-corrected chi connectivity index (χ4v) is 1.74. The number of quaternary nitrogens is 1. The first-order valence-electron chi connectivity index (χ1n) is 4.86. The van der Waals surface area contributed by atoms with Crippen molar-refractivity contribution in [2.24, 2.45) is 0 Å². The minimum absolute atomic E-state index is 1.10. The molecule has 0 aliphatic rings. The van der Waals surface area contributed by atoms with Gasteiger partial charge >= 0.3 is 9.53 Å². The summed E-state index contributed by atoms with van der Waals surface area (Å²) in [6.45, 7) is 1.29. The van der Waals surface area contributed by atoms with Crippen LogP contribution >= 0.6 is 22.6 Å². The summed E-state index contributed by atoms with van der Waals surface area (Å²) in [6, 6.07) is 0. The van der Waals surface area contributed by atoms with Crippen molar-refractivity contribution in [1.82, 2.24) is 0 Å². The van der Waals surface area contributed by atoms with Gasteiger partial charge in [0.15, 0.2) is 0 Å². The lowest BCUT2D eigenvalue weighted by Crippen LogP contribution is -2.35. The summed E-state index contributed by atoms with van der Waals surface area (Å²) in [5, 5.41) is 0. The lowest BCUT2D eigenvalue weighted by atomic mass is 10.4. The summed E-state index contributed by atoms with van der Waals surface area (Å²) in [6.07, 6.45) is 1.34. The smallest absolute Gasteiger partial charge is 0.379 e. The molecule has 94 valence electrons. The molecule has 0 bridgehead atoms. The van der Waals surface area contributed by atoms with Crippen molar-refractivity contribution < 1.29 is 17.8 Å². The van der Waals surface area contributed by atoms with E-state index in [0.717, 1.165) is 4.48 Å². The highest BCUT2D eigenvalue weighted by atomic mass is 127. The molecule has 0 N–H and O–H groups in total. The highest BCUT2D eigenvalue weighted by Gasteiger charge is 2.05. The highest BCUT2D eigenvalue weighted by Crippen LogP contribution is 1.95. The zero-order valence-corrected chi connectivity index (χ0v) is 14.1. The van der Waals surface area contributed by atoms with Crippen molar-refractivity contribution >= 4 is 32.1 Å². The number of hydrogen-bond acceptors (Lipinski definition) is 3. The van der Waals surface area contributed by atoms with E-state index in [4.69, 9.17) is 13.3 Å². The SMILES string of the molecule is CO[SiH](OC)OC.C[N+](C)(C)CCCI. The second-order valence-electron chi connectivity index (χ2n) is 4.05. The van der Waals surface area contributed by atoms with Gasteiger partial charge in [0.25, 0.3) is 0 Å². The van der Waals surface area contributed by atoms with Gasteiger partial charge in [0.2, 0.25) is 0 Å². The van der Waals surface area contributed by atoms with Crippen LogP contribution in [0.4, 0.5) is 0 Å². The molecule has 0 aliphatic heterocycles. The summed E-state index contributed by atoms with van der Waals surface area (Å²) in [5.74, 6) is 0. The summed E-state index contributed by atoms with van der Waals surface area (Å²) < 4.78 is 16.6. The molecule has 0 saturated heterocycles. The number of rotatable bonds is 6. The van der Waals surface area contributed by atoms with Crippen LogP contribution < -0.4 is 0 Å². The van der Waals surface area contributed by atoms with E-state index < -0.39 is 9.53 Å². The van der Waals surface area contributed by atoms with Gasteiger partial charge in [-0.1, -0.05) is 22.6 Å². The first-order chi connectivity index (χ1) is 6.91. The number of nitrogens with zero attached hydrogens (tertiary/aromatic N) is 1. The van der Waals surface area contributed by atoms with Crippen LogP contribution in [0.3, 0.4) is 0 Å². The fraction of sp³-hybridized carbons (Fsp3) is 1.00. The van der Waals surface area contributed by atoms with Gasteiger partial charge in [0, 0.05) is 32.2 Å². The normalized spacial score (nSPS) is 11.2. The van der Waals surface area contributed by atoms with E-state index in [1.165, 1.54) is 17.4 Å². The van der Waals surface area contributed by atoms with Gasteiger partial charge in [-0.3, -0.25) is 0 Å². The maximum absolute atomic E-state index is 4.74. The molecule has 0 rings (SSSR count). The van der Waals surface area contributed by atoms with Gasteiger partial charge < -0.3 is 17.8 Å². The molecule has 4 nitrogen and oxygen atoms in total. The van der Waals surface area contributed by atoms with E-state index in [2.05, 4.69) is 43.7 Å². The Balaban J connectivity index is 0. The van der Waals surface area contributed by atoms with E-state index in [0.29, 0.717) is 0 Å². The molecule has 0 saturated carbocycles. The lowest BCUT2D eigenvalue weighted by Gasteiger charge is -2.22. The van der Waals surface area contributed by atoms with Crippen LogP contribution in [-0.4, -0.2) is 67.5 Å². The molecule has 0 amide bonds. The third-order valence-electron chi connectivity index (χ3n) is 1.54. The Morgan fingerprint density at radius 1 is 1.00 bits per heavy atom. The predicted molar refractivity (Wildman–Crippen MR) is 74.6 cm³/mol. The molecule has 0 heterocycles. The summed E-state index contributed by atoms with van der Waals surface area (Å²) >= 11 is 2.42. The lowest BCUT2D eigenvalue weighted by molar-refractivity contribution is -0.870. The number of halogens is 1. The first-order valence-corrected chi connectivity index (χ1v) is 7.80. The summed E-state index contributed by atoms with van der Waals surface area (Å²) in [4.78, 5) is 0. The van der Waals surface area contributed by atoms with Crippen molar-refractivity contribution in [2.75, 3.05) is 53.4 Å². The van der Waals surface area contributed by atoms with Crippen molar-refractivity contribution in [3.8, 4) is 0 Å². The average molecular weight is 350 g/mol.